The van der Waals surface area contributed by atoms with E-state index in [4.69, 9.17) is 22.1 Å². The number of nitrogens with two attached hydrogens (primary N) is 1. The number of tetrazole rings is 1. The molecule has 0 fully saturated rings. The normalized spacial score (nSPS) is 13.4. The highest BCUT2D eigenvalue weighted by Crippen LogP contribution is 2.23. The number of halogens is 1. The number of hydrogen-bond donors (Lipinski definition) is 2. The number of hydrogen-bond acceptors (Lipinski definition) is 7. The van der Waals surface area contributed by atoms with Gasteiger partial charge in [0.1, 0.15) is 5.75 Å². The Morgan fingerprint density at radius 1 is 1.24 bits per heavy atom. The van der Waals surface area contributed by atoms with E-state index in [9.17, 15) is 5.11 Å². The van der Waals surface area contributed by atoms with E-state index >= 15 is 0 Å². The highest BCUT2D eigenvalue weighted by atomic mass is 35.5. The molecule has 130 valence electrons. The third-order valence-corrected chi connectivity index (χ3v) is 3.58. The number of rotatable bonds is 6. The zero-order chi connectivity index (χ0) is 17.9. The predicted molar refractivity (Wildman–Crippen MR) is 92.3 cm³/mol. The van der Waals surface area contributed by atoms with Crippen molar-refractivity contribution in [3.05, 3.63) is 47.6 Å². The minimum Gasteiger partial charge on any atom is -0.439 e. The van der Waals surface area contributed by atoms with Gasteiger partial charge >= 0.3 is 0 Å². The third-order valence-electron chi connectivity index (χ3n) is 3.35. The van der Waals surface area contributed by atoms with Gasteiger partial charge in [0, 0.05) is 17.8 Å². The van der Waals surface area contributed by atoms with Gasteiger partial charge in [-0.3, -0.25) is 0 Å². The lowest BCUT2D eigenvalue weighted by molar-refractivity contribution is 0.182. The molecule has 2 aromatic heterocycles. The van der Waals surface area contributed by atoms with Crippen LogP contribution in [0.15, 0.2) is 42.6 Å². The van der Waals surface area contributed by atoms with Crippen LogP contribution in [0.3, 0.4) is 0 Å². The Bertz CT molecular complexity index is 833. The molecule has 0 saturated carbocycles. The van der Waals surface area contributed by atoms with Crippen molar-refractivity contribution >= 4 is 11.6 Å². The SMILES string of the molecule is CC(N)(CO)Cn1nnc(-c2ccc(Oc3ccc(Cl)cn3)cc2)n1. The van der Waals surface area contributed by atoms with Gasteiger partial charge in [0.25, 0.3) is 0 Å². The molecular weight excluding hydrogens is 344 g/mol. The summed E-state index contributed by atoms with van der Waals surface area (Å²) in [4.78, 5) is 5.44. The van der Waals surface area contributed by atoms with Crippen LogP contribution in [-0.2, 0) is 6.54 Å². The molecule has 1 aromatic carbocycles. The standard InChI is InChI=1S/C16H17ClN6O2/c1-16(18,10-24)9-23-21-15(20-22-23)11-2-5-13(6-3-11)25-14-7-4-12(17)8-19-14/h2-8,24H,9-10,18H2,1H3. The molecule has 0 saturated heterocycles. The first-order valence-electron chi connectivity index (χ1n) is 7.53. The number of nitrogens with zero attached hydrogens (tertiary/aromatic N) is 5. The maximum atomic E-state index is 9.21. The summed E-state index contributed by atoms with van der Waals surface area (Å²) in [6.45, 7) is 1.81. The van der Waals surface area contributed by atoms with Gasteiger partial charge in [-0.1, -0.05) is 11.6 Å². The summed E-state index contributed by atoms with van der Waals surface area (Å²) in [6, 6.07) is 10.6. The predicted octanol–water partition coefficient (Wildman–Crippen LogP) is 1.89. The lowest BCUT2D eigenvalue weighted by Crippen LogP contribution is -2.44. The summed E-state index contributed by atoms with van der Waals surface area (Å²) in [5, 5.41) is 22.0. The Morgan fingerprint density at radius 3 is 2.64 bits per heavy atom. The molecule has 25 heavy (non-hydrogen) atoms. The Morgan fingerprint density at radius 2 is 2.00 bits per heavy atom. The van der Waals surface area contributed by atoms with Crippen LogP contribution in [0, 0.1) is 0 Å². The zero-order valence-electron chi connectivity index (χ0n) is 13.5. The van der Waals surface area contributed by atoms with Crippen molar-refractivity contribution in [3.8, 4) is 23.0 Å². The van der Waals surface area contributed by atoms with Crippen molar-refractivity contribution in [3.63, 3.8) is 0 Å². The van der Waals surface area contributed by atoms with Crippen LogP contribution in [0.25, 0.3) is 11.4 Å². The zero-order valence-corrected chi connectivity index (χ0v) is 14.3. The van der Waals surface area contributed by atoms with E-state index in [1.54, 1.807) is 31.2 Å². The first-order valence-corrected chi connectivity index (χ1v) is 7.90. The highest BCUT2D eigenvalue weighted by Gasteiger charge is 2.20. The van der Waals surface area contributed by atoms with Crippen LogP contribution in [0.1, 0.15) is 6.92 Å². The number of aromatic nitrogens is 5. The second-order valence-corrected chi connectivity index (χ2v) is 6.33. The number of pyridine rings is 1. The maximum absolute atomic E-state index is 9.21. The van der Waals surface area contributed by atoms with Gasteiger partial charge in [-0.15, -0.1) is 10.2 Å². The van der Waals surface area contributed by atoms with Crippen molar-refractivity contribution in [1.82, 2.24) is 25.2 Å². The van der Waals surface area contributed by atoms with E-state index in [1.165, 1.54) is 11.0 Å². The van der Waals surface area contributed by atoms with Crippen molar-refractivity contribution in [2.45, 2.75) is 19.0 Å². The first-order chi connectivity index (χ1) is 11.9. The molecule has 0 amide bonds. The van der Waals surface area contributed by atoms with E-state index in [0.717, 1.165) is 5.56 Å². The quantitative estimate of drug-likeness (QED) is 0.690. The molecule has 0 spiro atoms. The molecule has 0 radical (unpaired) electrons. The number of benzene rings is 1. The molecule has 3 rings (SSSR count). The van der Waals surface area contributed by atoms with Gasteiger partial charge in [0.2, 0.25) is 11.7 Å². The first kappa shape index (κ1) is 17.3. The minimum atomic E-state index is -0.804. The lowest BCUT2D eigenvalue weighted by Gasteiger charge is -2.19. The fraction of sp³-hybridized carbons (Fsp3) is 0.250. The van der Waals surface area contributed by atoms with Gasteiger partial charge in [-0.25, -0.2) is 4.98 Å². The van der Waals surface area contributed by atoms with Gasteiger partial charge in [-0.05, 0) is 42.5 Å². The average Bonchev–Trinajstić information content (AvgIpc) is 3.05. The van der Waals surface area contributed by atoms with E-state index in [2.05, 4.69) is 20.4 Å². The molecule has 3 aromatic rings. The Hall–Kier alpha value is -2.55. The van der Waals surface area contributed by atoms with Crippen molar-refractivity contribution < 1.29 is 9.84 Å². The van der Waals surface area contributed by atoms with Crippen LogP contribution in [0.4, 0.5) is 0 Å². The fourth-order valence-electron chi connectivity index (χ4n) is 2.01. The molecule has 1 atom stereocenters. The maximum Gasteiger partial charge on any atom is 0.219 e. The second kappa shape index (κ2) is 7.14. The summed E-state index contributed by atoms with van der Waals surface area (Å²) in [5.41, 5.74) is 5.87. The third kappa shape index (κ3) is 4.50. The molecule has 9 heteroatoms. The number of aliphatic hydroxyl groups is 1. The van der Waals surface area contributed by atoms with Crippen LogP contribution in [-0.4, -0.2) is 42.4 Å². The topological polar surface area (TPSA) is 112 Å². The summed E-state index contributed by atoms with van der Waals surface area (Å²) >= 11 is 5.79. The number of ether oxygens (including phenoxy) is 1. The largest absolute Gasteiger partial charge is 0.439 e. The van der Waals surface area contributed by atoms with Crippen LogP contribution < -0.4 is 10.5 Å². The Kier molecular flexibility index (Phi) is 4.93. The van der Waals surface area contributed by atoms with Gasteiger partial charge < -0.3 is 15.6 Å². The minimum absolute atomic E-state index is 0.172. The van der Waals surface area contributed by atoms with E-state index in [1.807, 2.05) is 12.1 Å². The lowest BCUT2D eigenvalue weighted by atomic mass is 10.1. The Balaban J connectivity index is 1.70. The summed E-state index contributed by atoms with van der Waals surface area (Å²) in [5.74, 6) is 1.54. The number of aliphatic hydroxyl groups excluding tert-OH is 1. The molecule has 0 aliphatic heterocycles. The van der Waals surface area contributed by atoms with E-state index in [-0.39, 0.29) is 13.2 Å². The molecule has 1 unspecified atom stereocenters. The molecule has 0 aliphatic rings. The van der Waals surface area contributed by atoms with E-state index in [0.29, 0.717) is 22.5 Å². The van der Waals surface area contributed by atoms with Crippen LogP contribution in [0.5, 0.6) is 11.6 Å². The van der Waals surface area contributed by atoms with Crippen molar-refractivity contribution in [2.75, 3.05) is 6.61 Å². The summed E-state index contributed by atoms with van der Waals surface area (Å²) < 4.78 is 5.63. The molecule has 8 nitrogen and oxygen atoms in total. The average molecular weight is 361 g/mol. The summed E-state index contributed by atoms with van der Waals surface area (Å²) in [6.07, 6.45) is 1.52. The van der Waals surface area contributed by atoms with Gasteiger partial charge in [0.05, 0.1) is 23.7 Å². The van der Waals surface area contributed by atoms with Crippen LogP contribution >= 0.6 is 11.6 Å². The Labute approximate surface area is 149 Å². The van der Waals surface area contributed by atoms with Crippen LogP contribution in [0.2, 0.25) is 5.02 Å². The summed E-state index contributed by atoms with van der Waals surface area (Å²) in [7, 11) is 0. The highest BCUT2D eigenvalue weighted by molar-refractivity contribution is 6.30. The molecule has 0 bridgehead atoms. The second-order valence-electron chi connectivity index (χ2n) is 5.90. The van der Waals surface area contributed by atoms with Gasteiger partial charge in [-0.2, -0.15) is 4.80 Å². The molecular formula is C16H17ClN6O2. The molecule has 3 N–H and O–H groups in total. The fourth-order valence-corrected chi connectivity index (χ4v) is 2.13. The van der Waals surface area contributed by atoms with E-state index < -0.39 is 5.54 Å². The van der Waals surface area contributed by atoms with Crippen molar-refractivity contribution in [2.24, 2.45) is 5.73 Å². The molecule has 2 heterocycles. The van der Waals surface area contributed by atoms with Gasteiger partial charge in [0.15, 0.2) is 0 Å². The molecule has 0 aliphatic carbocycles. The van der Waals surface area contributed by atoms with Crippen molar-refractivity contribution in [1.29, 1.82) is 0 Å². The smallest absolute Gasteiger partial charge is 0.219 e. The monoisotopic (exact) mass is 360 g/mol.